The zero-order valence-corrected chi connectivity index (χ0v) is 13.7. The third kappa shape index (κ3) is 6.02. The number of carbonyl (C=O) groups is 1. The number of ether oxygens (including phenoxy) is 1. The summed E-state index contributed by atoms with van der Waals surface area (Å²) in [6.45, 7) is 2.92. The molecule has 0 aliphatic rings. The van der Waals surface area contributed by atoms with E-state index in [1.165, 1.54) is 0 Å². The number of nitrogens with one attached hydrogen (secondary N) is 1. The van der Waals surface area contributed by atoms with Crippen LogP contribution < -0.4 is 10.1 Å². The number of carboxylic acid groups (broad SMARTS) is 1. The van der Waals surface area contributed by atoms with Gasteiger partial charge in [-0.2, -0.15) is 0 Å². The Balaban J connectivity index is 1.71. The van der Waals surface area contributed by atoms with Gasteiger partial charge in [0, 0.05) is 6.54 Å². The second-order valence-electron chi connectivity index (χ2n) is 5.71. The molecule has 0 saturated heterocycles. The quantitative estimate of drug-likeness (QED) is 0.615. The highest BCUT2D eigenvalue weighted by Gasteiger charge is 2.06. The fourth-order valence-electron chi connectivity index (χ4n) is 2.36. The Morgan fingerprint density at radius 3 is 2.62 bits per heavy atom. The van der Waals surface area contributed by atoms with Crippen molar-refractivity contribution in [2.24, 2.45) is 0 Å². The van der Waals surface area contributed by atoms with Crippen LogP contribution in [0.3, 0.4) is 0 Å². The second-order valence-corrected chi connectivity index (χ2v) is 5.71. The summed E-state index contributed by atoms with van der Waals surface area (Å²) in [4.78, 5) is 10.4. The Labute approximate surface area is 141 Å². The fraction of sp³-hybridized carbons (Fsp3) is 0.316. The second kappa shape index (κ2) is 9.05. The van der Waals surface area contributed by atoms with Gasteiger partial charge < -0.3 is 20.3 Å². The van der Waals surface area contributed by atoms with E-state index in [4.69, 9.17) is 9.84 Å². The van der Waals surface area contributed by atoms with Crippen molar-refractivity contribution in [2.45, 2.75) is 19.4 Å². The van der Waals surface area contributed by atoms with Crippen LogP contribution in [0.15, 0.2) is 48.5 Å². The molecule has 0 radical (unpaired) electrons. The van der Waals surface area contributed by atoms with Crippen molar-refractivity contribution in [3.05, 3.63) is 65.2 Å². The molecule has 0 spiro atoms. The van der Waals surface area contributed by atoms with Crippen LogP contribution in [0.4, 0.5) is 0 Å². The molecule has 0 amide bonds. The summed E-state index contributed by atoms with van der Waals surface area (Å²) in [6, 6.07) is 15.2. The molecular weight excluding hydrogens is 306 g/mol. The Kier molecular flexibility index (Phi) is 6.78. The molecule has 0 fully saturated rings. The third-order valence-electron chi connectivity index (χ3n) is 3.64. The lowest BCUT2D eigenvalue weighted by Gasteiger charge is -2.13. The van der Waals surface area contributed by atoms with Gasteiger partial charge in [-0.1, -0.05) is 42.0 Å². The summed E-state index contributed by atoms with van der Waals surface area (Å²) in [5.41, 5.74) is 3.18. The van der Waals surface area contributed by atoms with Crippen molar-refractivity contribution in [1.82, 2.24) is 5.32 Å². The van der Waals surface area contributed by atoms with Crippen molar-refractivity contribution in [3.8, 4) is 5.75 Å². The molecule has 128 valence electrons. The van der Waals surface area contributed by atoms with Crippen molar-refractivity contribution >= 4 is 5.97 Å². The van der Waals surface area contributed by atoms with Gasteiger partial charge in [0.25, 0.3) is 0 Å². The zero-order chi connectivity index (χ0) is 17.4. The minimum atomic E-state index is -0.990. The summed E-state index contributed by atoms with van der Waals surface area (Å²) < 4.78 is 5.09. The van der Waals surface area contributed by atoms with Gasteiger partial charge in [-0.25, -0.2) is 4.79 Å². The van der Waals surface area contributed by atoms with Gasteiger partial charge in [-0.15, -0.1) is 0 Å². The molecule has 2 aromatic carbocycles. The molecule has 1 unspecified atom stereocenters. The highest BCUT2D eigenvalue weighted by molar-refractivity contribution is 5.68. The smallest absolute Gasteiger partial charge is 0.341 e. The van der Waals surface area contributed by atoms with Crippen LogP contribution >= 0.6 is 0 Å². The van der Waals surface area contributed by atoms with E-state index < -0.39 is 12.1 Å². The van der Waals surface area contributed by atoms with Crippen LogP contribution in [0.2, 0.25) is 0 Å². The number of aliphatic hydroxyl groups is 1. The first kappa shape index (κ1) is 18.0. The fourth-order valence-corrected chi connectivity index (χ4v) is 2.36. The molecule has 2 rings (SSSR count). The van der Waals surface area contributed by atoms with Gasteiger partial charge >= 0.3 is 5.97 Å². The molecule has 0 saturated carbocycles. The molecule has 0 aromatic heterocycles. The maximum Gasteiger partial charge on any atom is 0.341 e. The summed E-state index contributed by atoms with van der Waals surface area (Å²) >= 11 is 0. The van der Waals surface area contributed by atoms with Crippen molar-refractivity contribution in [3.63, 3.8) is 0 Å². The zero-order valence-electron chi connectivity index (χ0n) is 13.7. The first-order chi connectivity index (χ1) is 11.5. The van der Waals surface area contributed by atoms with Crippen LogP contribution in [0.5, 0.6) is 5.75 Å². The van der Waals surface area contributed by atoms with E-state index in [9.17, 15) is 9.90 Å². The summed E-state index contributed by atoms with van der Waals surface area (Å²) in [6.07, 6.45) is 0.302. The Morgan fingerprint density at radius 2 is 1.96 bits per heavy atom. The van der Waals surface area contributed by atoms with Gasteiger partial charge in [0.15, 0.2) is 6.61 Å². The number of aliphatic hydroxyl groups excluding tert-OH is 1. The molecule has 24 heavy (non-hydrogen) atoms. The molecule has 3 N–H and O–H groups in total. The van der Waals surface area contributed by atoms with E-state index in [-0.39, 0.29) is 6.61 Å². The number of aryl methyl sites for hydroxylation is 1. The van der Waals surface area contributed by atoms with Crippen LogP contribution in [0.1, 0.15) is 22.8 Å². The highest BCUT2D eigenvalue weighted by Crippen LogP contribution is 2.14. The van der Waals surface area contributed by atoms with Crippen molar-refractivity contribution < 1.29 is 19.7 Å². The van der Waals surface area contributed by atoms with Crippen LogP contribution in [-0.4, -0.2) is 35.9 Å². The molecule has 0 aliphatic carbocycles. The number of hydrogen-bond acceptors (Lipinski definition) is 4. The topological polar surface area (TPSA) is 78.8 Å². The van der Waals surface area contributed by atoms with Gasteiger partial charge in [-0.3, -0.25) is 0 Å². The maximum atomic E-state index is 10.4. The SMILES string of the molecule is Cc1cccc(C(O)CNCCc2ccc(OCC(=O)O)cc2)c1. The Bertz CT molecular complexity index is 655. The van der Waals surface area contributed by atoms with E-state index in [0.717, 1.165) is 29.7 Å². The predicted molar refractivity (Wildman–Crippen MR) is 92.3 cm³/mol. The molecule has 1 atom stereocenters. The van der Waals surface area contributed by atoms with Crippen molar-refractivity contribution in [1.29, 1.82) is 0 Å². The monoisotopic (exact) mass is 329 g/mol. The minimum Gasteiger partial charge on any atom is -0.482 e. The standard InChI is InChI=1S/C19H23NO4/c1-14-3-2-4-16(11-14)18(21)12-20-10-9-15-5-7-17(8-6-15)24-13-19(22)23/h2-8,11,18,20-21H,9-10,12-13H2,1H3,(H,22,23). The first-order valence-electron chi connectivity index (χ1n) is 7.93. The molecule has 5 heteroatoms. The maximum absolute atomic E-state index is 10.4. The van der Waals surface area contributed by atoms with E-state index in [0.29, 0.717) is 12.3 Å². The lowest BCUT2D eigenvalue weighted by atomic mass is 10.1. The van der Waals surface area contributed by atoms with Crippen molar-refractivity contribution in [2.75, 3.05) is 19.7 Å². The number of carboxylic acids is 1. The molecule has 5 nitrogen and oxygen atoms in total. The van der Waals surface area contributed by atoms with E-state index in [1.54, 1.807) is 12.1 Å². The number of aliphatic carboxylic acids is 1. The average Bonchev–Trinajstić information content (AvgIpc) is 2.57. The first-order valence-corrected chi connectivity index (χ1v) is 7.93. The Morgan fingerprint density at radius 1 is 1.21 bits per heavy atom. The van der Waals surface area contributed by atoms with Crippen LogP contribution in [0, 0.1) is 6.92 Å². The molecule has 0 heterocycles. The normalized spacial score (nSPS) is 11.9. The number of hydrogen-bond donors (Lipinski definition) is 3. The summed E-state index contributed by atoms with van der Waals surface area (Å²) in [5.74, 6) is -0.445. The predicted octanol–water partition coefficient (Wildman–Crippen LogP) is 2.32. The lowest BCUT2D eigenvalue weighted by molar-refractivity contribution is -0.139. The minimum absolute atomic E-state index is 0.336. The summed E-state index contributed by atoms with van der Waals surface area (Å²) in [7, 11) is 0. The molecule has 0 aliphatic heterocycles. The van der Waals surface area contributed by atoms with E-state index >= 15 is 0 Å². The molecular formula is C19H23NO4. The molecule has 0 bridgehead atoms. The molecule has 2 aromatic rings. The van der Waals surface area contributed by atoms with Crippen LogP contribution in [0.25, 0.3) is 0 Å². The Hall–Kier alpha value is -2.37. The lowest BCUT2D eigenvalue weighted by Crippen LogP contribution is -2.23. The number of benzene rings is 2. The van der Waals surface area contributed by atoms with Gasteiger partial charge in [0.1, 0.15) is 5.75 Å². The highest BCUT2D eigenvalue weighted by atomic mass is 16.5. The van der Waals surface area contributed by atoms with Gasteiger partial charge in [-0.05, 0) is 43.1 Å². The van der Waals surface area contributed by atoms with Gasteiger partial charge in [0.2, 0.25) is 0 Å². The van der Waals surface area contributed by atoms with E-state index in [2.05, 4.69) is 5.32 Å². The largest absolute Gasteiger partial charge is 0.482 e. The van der Waals surface area contributed by atoms with E-state index in [1.807, 2.05) is 43.3 Å². The summed E-state index contributed by atoms with van der Waals surface area (Å²) in [5, 5.41) is 22.0. The third-order valence-corrected chi connectivity index (χ3v) is 3.64. The average molecular weight is 329 g/mol. The number of rotatable bonds is 9. The van der Waals surface area contributed by atoms with Crippen LogP contribution in [-0.2, 0) is 11.2 Å². The van der Waals surface area contributed by atoms with Gasteiger partial charge in [0.05, 0.1) is 6.10 Å².